The van der Waals surface area contributed by atoms with Crippen LogP contribution in [0.25, 0.3) is 11.1 Å². The molecule has 3 rings (SSSR count). The highest BCUT2D eigenvalue weighted by atomic mass is 35.5. The van der Waals surface area contributed by atoms with Crippen molar-refractivity contribution in [2.45, 2.75) is 25.7 Å². The zero-order valence-corrected chi connectivity index (χ0v) is 13.5. The van der Waals surface area contributed by atoms with Gasteiger partial charge in [0.05, 0.1) is 5.69 Å². The van der Waals surface area contributed by atoms with Crippen LogP contribution in [0.15, 0.2) is 42.2 Å². The summed E-state index contributed by atoms with van der Waals surface area (Å²) in [5.41, 5.74) is 9.27. The van der Waals surface area contributed by atoms with Gasteiger partial charge in [0.15, 0.2) is 0 Å². The van der Waals surface area contributed by atoms with E-state index in [1.165, 1.54) is 23.3 Å². The van der Waals surface area contributed by atoms with Gasteiger partial charge in [-0.2, -0.15) is 0 Å². The van der Waals surface area contributed by atoms with Crippen molar-refractivity contribution in [2.24, 2.45) is 11.6 Å². The van der Waals surface area contributed by atoms with Gasteiger partial charge in [-0.25, -0.2) is 15.2 Å². The number of rotatable bonds is 4. The molecule has 6 heteroatoms. The van der Waals surface area contributed by atoms with Gasteiger partial charge in [-0.05, 0) is 55.7 Å². The van der Waals surface area contributed by atoms with E-state index in [0.717, 1.165) is 29.7 Å². The van der Waals surface area contributed by atoms with Gasteiger partial charge in [0.25, 0.3) is 0 Å². The molecule has 0 unspecified atom stereocenters. The van der Waals surface area contributed by atoms with Crippen molar-refractivity contribution in [1.82, 2.24) is 4.98 Å². The molecule has 1 heterocycles. The molecule has 1 aromatic heterocycles. The molecular weight excluding hydrogens is 315 g/mol. The second kappa shape index (κ2) is 6.18. The summed E-state index contributed by atoms with van der Waals surface area (Å²) < 4.78 is 13.7. The molecule has 23 heavy (non-hydrogen) atoms. The Morgan fingerprint density at radius 3 is 2.74 bits per heavy atom. The molecule has 1 aromatic carbocycles. The lowest BCUT2D eigenvalue weighted by atomic mass is 10.0. The van der Waals surface area contributed by atoms with Gasteiger partial charge < -0.3 is 5.73 Å². The average Bonchev–Trinajstić information content (AvgIpc) is 3.37. The number of aromatic nitrogens is 1. The van der Waals surface area contributed by atoms with Crippen LogP contribution in [0, 0.1) is 5.82 Å². The van der Waals surface area contributed by atoms with E-state index in [0.29, 0.717) is 22.5 Å². The summed E-state index contributed by atoms with van der Waals surface area (Å²) in [7, 11) is 0. The summed E-state index contributed by atoms with van der Waals surface area (Å²) in [4.78, 5) is 4.38. The summed E-state index contributed by atoms with van der Waals surface area (Å²) in [6.45, 7) is 1.75. The van der Waals surface area contributed by atoms with Gasteiger partial charge in [-0.3, -0.25) is 5.01 Å². The maximum absolute atomic E-state index is 13.7. The summed E-state index contributed by atoms with van der Waals surface area (Å²) in [6, 6.07) is 8.23. The molecule has 0 radical (unpaired) electrons. The van der Waals surface area contributed by atoms with Crippen LogP contribution in [0.1, 0.15) is 31.4 Å². The fourth-order valence-electron chi connectivity index (χ4n) is 2.48. The molecule has 0 bridgehead atoms. The molecule has 1 aliphatic rings. The third-order valence-corrected chi connectivity index (χ3v) is 4.15. The predicted molar refractivity (Wildman–Crippen MR) is 91.2 cm³/mol. The van der Waals surface area contributed by atoms with Crippen molar-refractivity contribution >= 4 is 17.3 Å². The Bertz CT molecular complexity index is 771. The highest BCUT2D eigenvalue weighted by Crippen LogP contribution is 2.42. The SMILES string of the molecule is C/C(=C/N)N(N)c1cc(F)ccc1-c1cc(Cl)nc(C2CC2)c1. The van der Waals surface area contributed by atoms with Gasteiger partial charge in [-0.15, -0.1) is 0 Å². The molecule has 120 valence electrons. The van der Waals surface area contributed by atoms with Crippen LogP contribution in [-0.2, 0) is 0 Å². The fraction of sp³-hybridized carbons (Fsp3) is 0.235. The van der Waals surface area contributed by atoms with Crippen molar-refractivity contribution in [1.29, 1.82) is 0 Å². The summed E-state index contributed by atoms with van der Waals surface area (Å²) in [6.07, 6.45) is 3.63. The van der Waals surface area contributed by atoms with E-state index in [1.807, 2.05) is 6.07 Å². The maximum atomic E-state index is 13.7. The molecule has 0 saturated heterocycles. The van der Waals surface area contributed by atoms with Crippen molar-refractivity contribution in [3.05, 3.63) is 58.9 Å². The molecule has 1 saturated carbocycles. The Morgan fingerprint density at radius 1 is 1.35 bits per heavy atom. The molecule has 4 N–H and O–H groups in total. The number of halogens is 2. The number of hydrogen-bond donors (Lipinski definition) is 2. The van der Waals surface area contributed by atoms with Crippen LogP contribution in [0.3, 0.4) is 0 Å². The lowest BCUT2D eigenvalue weighted by Gasteiger charge is -2.22. The summed E-state index contributed by atoms with van der Waals surface area (Å²) >= 11 is 6.16. The Balaban J connectivity index is 2.12. The monoisotopic (exact) mass is 332 g/mol. The summed E-state index contributed by atoms with van der Waals surface area (Å²) in [5.74, 6) is 6.17. The van der Waals surface area contributed by atoms with Crippen LogP contribution < -0.4 is 16.6 Å². The number of hydrazine groups is 1. The molecule has 2 aromatic rings. The van der Waals surface area contributed by atoms with Crippen molar-refractivity contribution in [3.63, 3.8) is 0 Å². The fourth-order valence-corrected chi connectivity index (χ4v) is 2.69. The molecule has 0 spiro atoms. The minimum Gasteiger partial charge on any atom is -0.403 e. The first kappa shape index (κ1) is 15.8. The third kappa shape index (κ3) is 3.30. The van der Waals surface area contributed by atoms with Crippen molar-refractivity contribution in [3.8, 4) is 11.1 Å². The van der Waals surface area contributed by atoms with E-state index in [1.54, 1.807) is 19.1 Å². The second-order valence-electron chi connectivity index (χ2n) is 5.72. The molecular formula is C17H18ClFN4. The quantitative estimate of drug-likeness (QED) is 0.506. The normalized spacial score (nSPS) is 14.9. The second-order valence-corrected chi connectivity index (χ2v) is 6.10. The van der Waals surface area contributed by atoms with E-state index in [9.17, 15) is 4.39 Å². The molecule has 1 aliphatic carbocycles. The number of anilines is 1. The number of nitrogens with zero attached hydrogens (tertiary/aromatic N) is 2. The van der Waals surface area contributed by atoms with E-state index < -0.39 is 0 Å². The van der Waals surface area contributed by atoms with E-state index in [4.69, 9.17) is 23.2 Å². The third-order valence-electron chi connectivity index (χ3n) is 3.96. The van der Waals surface area contributed by atoms with Gasteiger partial charge >= 0.3 is 0 Å². The first-order valence-electron chi connectivity index (χ1n) is 7.40. The Hall–Kier alpha value is -2.11. The van der Waals surface area contributed by atoms with Crippen LogP contribution in [-0.4, -0.2) is 4.98 Å². The first-order chi connectivity index (χ1) is 11.0. The zero-order valence-electron chi connectivity index (χ0n) is 12.8. The van der Waals surface area contributed by atoms with Gasteiger partial charge in [0.2, 0.25) is 0 Å². The van der Waals surface area contributed by atoms with Gasteiger partial charge in [0.1, 0.15) is 11.0 Å². The lowest BCUT2D eigenvalue weighted by molar-refractivity contribution is 0.627. The van der Waals surface area contributed by atoms with Crippen LogP contribution in [0.2, 0.25) is 5.15 Å². The summed E-state index contributed by atoms with van der Waals surface area (Å²) in [5, 5.41) is 1.79. The van der Waals surface area contributed by atoms with Gasteiger partial charge in [-0.1, -0.05) is 11.6 Å². The average molecular weight is 333 g/mol. The van der Waals surface area contributed by atoms with E-state index >= 15 is 0 Å². The minimum atomic E-state index is -0.369. The molecule has 0 atom stereocenters. The number of pyridine rings is 1. The molecule has 1 fully saturated rings. The van der Waals surface area contributed by atoms with Crippen LogP contribution >= 0.6 is 11.6 Å². The minimum absolute atomic E-state index is 0.369. The topological polar surface area (TPSA) is 68.2 Å². The van der Waals surface area contributed by atoms with Crippen molar-refractivity contribution in [2.75, 3.05) is 5.01 Å². The standard InChI is InChI=1S/C17H18ClFN4/c1-10(9-20)23(21)16-8-13(19)4-5-14(16)12-6-15(11-2-3-11)22-17(18)7-12/h4-9,11H,2-3,20-21H2,1H3/b10-9-. The number of allylic oxidation sites excluding steroid dienone is 1. The molecule has 0 aliphatic heterocycles. The maximum Gasteiger partial charge on any atom is 0.129 e. The Labute approximate surface area is 139 Å². The van der Waals surface area contributed by atoms with Crippen LogP contribution in [0.5, 0.6) is 0 Å². The molecule has 4 nitrogen and oxygen atoms in total. The Kier molecular flexibility index (Phi) is 4.24. The largest absolute Gasteiger partial charge is 0.403 e. The number of nitrogens with two attached hydrogens (primary N) is 2. The van der Waals surface area contributed by atoms with Gasteiger partial charge in [0, 0.05) is 29.1 Å². The van der Waals surface area contributed by atoms with E-state index in [-0.39, 0.29) is 5.82 Å². The number of hydrogen-bond acceptors (Lipinski definition) is 4. The molecule has 0 amide bonds. The Morgan fingerprint density at radius 2 is 2.09 bits per heavy atom. The lowest BCUT2D eigenvalue weighted by Crippen LogP contribution is -2.30. The zero-order chi connectivity index (χ0) is 16.6. The van der Waals surface area contributed by atoms with E-state index in [2.05, 4.69) is 4.98 Å². The predicted octanol–water partition coefficient (Wildman–Crippen LogP) is 3.92. The first-order valence-corrected chi connectivity index (χ1v) is 7.78. The van der Waals surface area contributed by atoms with Crippen LogP contribution in [0.4, 0.5) is 10.1 Å². The highest BCUT2D eigenvalue weighted by Gasteiger charge is 2.26. The number of benzene rings is 1. The highest BCUT2D eigenvalue weighted by molar-refractivity contribution is 6.29. The smallest absolute Gasteiger partial charge is 0.129 e. The van der Waals surface area contributed by atoms with Crippen molar-refractivity contribution < 1.29 is 4.39 Å².